The number of urea groups is 2. The van der Waals surface area contributed by atoms with E-state index in [1.165, 1.54) is 7.11 Å². The molecule has 0 rings (SSSR count). The number of carbonyl (C=O) groups excluding carboxylic acids is 3. The summed E-state index contributed by atoms with van der Waals surface area (Å²) >= 11 is 1.09. The van der Waals surface area contributed by atoms with Gasteiger partial charge in [-0.2, -0.15) is 4.99 Å². The van der Waals surface area contributed by atoms with Crippen molar-refractivity contribution < 1.29 is 19.1 Å². The number of amides is 4. The van der Waals surface area contributed by atoms with Crippen molar-refractivity contribution in [3.05, 3.63) is 0 Å². The molecule has 0 atom stereocenters. The fourth-order valence-electron chi connectivity index (χ4n) is 0.932. The number of hydrogen-bond acceptors (Lipinski definition) is 5. The number of thioether (sulfide) groups is 1. The van der Waals surface area contributed by atoms with Gasteiger partial charge in [0.15, 0.2) is 5.17 Å². The Labute approximate surface area is 122 Å². The molecule has 0 heterocycles. The van der Waals surface area contributed by atoms with E-state index < -0.39 is 23.6 Å². The Bertz CT molecular complexity index is 404. The molecule has 0 bridgehead atoms. The standard InChI is InChI=1S/C11H20N4O4S/c1-11(2,3)15-9(18)14-10(20-5)13-8(17)12-6-7(16)19-4/h6H2,1-5H3,(H3,12,13,14,15,17,18). The largest absolute Gasteiger partial charge is 0.468 e. The van der Waals surface area contributed by atoms with E-state index in [9.17, 15) is 14.4 Å². The Morgan fingerprint density at radius 2 is 1.85 bits per heavy atom. The number of amidine groups is 1. The molecule has 0 unspecified atom stereocenters. The molecule has 0 saturated carbocycles. The normalized spacial score (nSPS) is 11.6. The van der Waals surface area contributed by atoms with Crippen molar-refractivity contribution in [3.8, 4) is 0 Å². The van der Waals surface area contributed by atoms with Crippen LogP contribution in [-0.2, 0) is 9.53 Å². The predicted molar refractivity (Wildman–Crippen MR) is 77.8 cm³/mol. The zero-order chi connectivity index (χ0) is 15.8. The number of nitrogens with one attached hydrogen (secondary N) is 3. The maximum atomic E-state index is 11.6. The smallest absolute Gasteiger partial charge is 0.343 e. The van der Waals surface area contributed by atoms with Crippen molar-refractivity contribution >= 4 is 35.0 Å². The molecule has 0 aliphatic heterocycles. The van der Waals surface area contributed by atoms with Gasteiger partial charge in [0.25, 0.3) is 0 Å². The van der Waals surface area contributed by atoms with Gasteiger partial charge in [-0.3, -0.25) is 10.1 Å². The van der Waals surface area contributed by atoms with Gasteiger partial charge < -0.3 is 15.4 Å². The van der Waals surface area contributed by atoms with Crippen molar-refractivity contribution in [1.29, 1.82) is 0 Å². The quantitative estimate of drug-likeness (QED) is 0.395. The number of aliphatic imine (C=N–C) groups is 1. The summed E-state index contributed by atoms with van der Waals surface area (Å²) in [7, 11) is 1.22. The van der Waals surface area contributed by atoms with E-state index in [2.05, 4.69) is 25.7 Å². The summed E-state index contributed by atoms with van der Waals surface area (Å²) in [6, 6.07) is -1.21. The van der Waals surface area contributed by atoms with E-state index in [1.54, 1.807) is 6.26 Å². The van der Waals surface area contributed by atoms with Crippen LogP contribution >= 0.6 is 11.8 Å². The lowest BCUT2D eigenvalue weighted by molar-refractivity contribution is -0.139. The highest BCUT2D eigenvalue weighted by molar-refractivity contribution is 8.13. The molecule has 0 aromatic heterocycles. The Morgan fingerprint density at radius 1 is 1.25 bits per heavy atom. The number of esters is 1. The minimum absolute atomic E-state index is 0.120. The Hall–Kier alpha value is -1.77. The average Bonchev–Trinajstić information content (AvgIpc) is 2.32. The lowest BCUT2D eigenvalue weighted by atomic mass is 10.1. The van der Waals surface area contributed by atoms with E-state index in [0.717, 1.165) is 11.8 Å². The third-order valence-electron chi connectivity index (χ3n) is 1.72. The topological polar surface area (TPSA) is 109 Å². The number of methoxy groups -OCH3 is 1. The molecular formula is C11H20N4O4S. The summed E-state index contributed by atoms with van der Waals surface area (Å²) in [6.07, 6.45) is 1.66. The van der Waals surface area contributed by atoms with Gasteiger partial charge in [0.05, 0.1) is 7.11 Å². The van der Waals surface area contributed by atoms with Crippen LogP contribution in [0.1, 0.15) is 20.8 Å². The van der Waals surface area contributed by atoms with Gasteiger partial charge in [-0.25, -0.2) is 9.59 Å². The lowest BCUT2D eigenvalue weighted by Crippen LogP contribution is -2.43. The van der Waals surface area contributed by atoms with Gasteiger partial charge in [-0.15, -0.1) is 0 Å². The molecule has 0 aromatic carbocycles. The number of hydrogen-bond donors (Lipinski definition) is 3. The fourth-order valence-corrected chi connectivity index (χ4v) is 1.30. The molecule has 20 heavy (non-hydrogen) atoms. The van der Waals surface area contributed by atoms with Crippen molar-refractivity contribution in [3.63, 3.8) is 0 Å². The van der Waals surface area contributed by atoms with Crippen LogP contribution < -0.4 is 16.0 Å². The van der Waals surface area contributed by atoms with Crippen LogP contribution in [0.3, 0.4) is 0 Å². The second kappa shape index (κ2) is 8.41. The molecule has 8 nitrogen and oxygen atoms in total. The molecule has 0 aliphatic rings. The third-order valence-corrected chi connectivity index (χ3v) is 2.30. The first kappa shape index (κ1) is 18.2. The Morgan fingerprint density at radius 3 is 2.30 bits per heavy atom. The molecule has 0 fully saturated rings. The molecular weight excluding hydrogens is 284 g/mol. The van der Waals surface area contributed by atoms with Crippen molar-refractivity contribution in [2.45, 2.75) is 26.3 Å². The lowest BCUT2D eigenvalue weighted by Gasteiger charge is -2.18. The highest BCUT2D eigenvalue weighted by Crippen LogP contribution is 2.01. The van der Waals surface area contributed by atoms with E-state index in [4.69, 9.17) is 0 Å². The van der Waals surface area contributed by atoms with Gasteiger partial charge in [0.1, 0.15) is 6.54 Å². The Kier molecular flexibility index (Phi) is 7.67. The molecule has 114 valence electrons. The first-order valence-corrected chi connectivity index (χ1v) is 6.97. The second-order valence-corrected chi connectivity index (χ2v) is 5.48. The zero-order valence-corrected chi connectivity index (χ0v) is 13.0. The van der Waals surface area contributed by atoms with E-state index >= 15 is 0 Å². The first-order valence-electron chi connectivity index (χ1n) is 5.74. The average molecular weight is 304 g/mol. The summed E-state index contributed by atoms with van der Waals surface area (Å²) in [5.74, 6) is -0.576. The summed E-state index contributed by atoms with van der Waals surface area (Å²) in [5.41, 5.74) is -0.419. The van der Waals surface area contributed by atoms with Gasteiger partial charge in [0, 0.05) is 5.54 Å². The SMILES string of the molecule is COC(=O)CNC(=O)NC(=NC(=O)NC(C)(C)C)SC. The molecule has 4 amide bonds. The highest BCUT2D eigenvalue weighted by Gasteiger charge is 2.14. The van der Waals surface area contributed by atoms with Gasteiger partial charge in [-0.05, 0) is 27.0 Å². The Balaban J connectivity index is 4.43. The second-order valence-electron chi connectivity index (χ2n) is 4.69. The highest BCUT2D eigenvalue weighted by atomic mass is 32.2. The van der Waals surface area contributed by atoms with Crippen molar-refractivity contribution in [1.82, 2.24) is 16.0 Å². The van der Waals surface area contributed by atoms with Crippen molar-refractivity contribution in [2.24, 2.45) is 4.99 Å². The number of nitrogens with zero attached hydrogens (tertiary/aromatic N) is 1. The van der Waals surface area contributed by atoms with Crippen LogP contribution in [0.25, 0.3) is 0 Å². The summed E-state index contributed by atoms with van der Waals surface area (Å²) in [5, 5.41) is 7.38. The summed E-state index contributed by atoms with van der Waals surface area (Å²) in [4.78, 5) is 37.6. The maximum absolute atomic E-state index is 11.6. The maximum Gasteiger partial charge on any atom is 0.343 e. The van der Waals surface area contributed by atoms with Gasteiger partial charge >= 0.3 is 18.0 Å². The summed E-state index contributed by atoms with van der Waals surface area (Å²) in [6.45, 7) is 5.18. The summed E-state index contributed by atoms with van der Waals surface area (Å²) < 4.78 is 4.37. The van der Waals surface area contributed by atoms with Crippen LogP contribution in [0.4, 0.5) is 9.59 Å². The van der Waals surface area contributed by atoms with Gasteiger partial charge in [-0.1, -0.05) is 11.8 Å². The molecule has 0 saturated heterocycles. The molecule has 0 spiro atoms. The number of rotatable bonds is 2. The molecule has 0 aromatic rings. The van der Waals surface area contributed by atoms with E-state index in [0.29, 0.717) is 0 Å². The minimum atomic E-state index is -0.646. The molecule has 0 aliphatic carbocycles. The van der Waals surface area contributed by atoms with Crippen LogP contribution in [0, 0.1) is 0 Å². The zero-order valence-electron chi connectivity index (χ0n) is 12.2. The van der Waals surface area contributed by atoms with Crippen LogP contribution in [-0.4, -0.2) is 48.6 Å². The van der Waals surface area contributed by atoms with Crippen LogP contribution in [0.5, 0.6) is 0 Å². The van der Waals surface area contributed by atoms with E-state index in [1.807, 2.05) is 20.8 Å². The van der Waals surface area contributed by atoms with Crippen LogP contribution in [0.15, 0.2) is 4.99 Å². The van der Waals surface area contributed by atoms with Gasteiger partial charge in [0.2, 0.25) is 0 Å². The first-order chi connectivity index (χ1) is 9.17. The minimum Gasteiger partial charge on any atom is -0.468 e. The molecule has 0 radical (unpaired) electrons. The fraction of sp³-hybridized carbons (Fsp3) is 0.636. The number of ether oxygens (including phenoxy) is 1. The molecule has 3 N–H and O–H groups in total. The van der Waals surface area contributed by atoms with E-state index in [-0.39, 0.29) is 11.7 Å². The monoisotopic (exact) mass is 304 g/mol. The molecule has 9 heteroatoms. The third kappa shape index (κ3) is 9.20. The number of carbonyl (C=O) groups is 3. The van der Waals surface area contributed by atoms with Crippen molar-refractivity contribution in [2.75, 3.05) is 19.9 Å². The predicted octanol–water partition coefficient (Wildman–Crippen LogP) is 0.686. The van der Waals surface area contributed by atoms with Crippen LogP contribution in [0.2, 0.25) is 0 Å².